The van der Waals surface area contributed by atoms with Gasteiger partial charge in [-0.05, 0) is 55.8 Å². The summed E-state index contributed by atoms with van der Waals surface area (Å²) in [5.41, 5.74) is 6.57. The molecule has 0 aromatic rings. The van der Waals surface area contributed by atoms with Crippen molar-refractivity contribution in [2.45, 2.75) is 71.3 Å². The Bertz CT molecular complexity index is 203. The van der Waals surface area contributed by atoms with Crippen molar-refractivity contribution < 1.29 is 0 Å². The minimum atomic E-state index is 0.509. The molecule has 2 rings (SSSR count). The molecule has 2 unspecified atom stereocenters. The van der Waals surface area contributed by atoms with E-state index in [0.717, 1.165) is 11.8 Å². The summed E-state index contributed by atoms with van der Waals surface area (Å²) in [5, 5.41) is 0. The maximum absolute atomic E-state index is 6.00. The summed E-state index contributed by atoms with van der Waals surface area (Å²) >= 11 is 0. The van der Waals surface area contributed by atoms with Gasteiger partial charge in [-0.2, -0.15) is 0 Å². The molecule has 2 aliphatic carbocycles. The molecule has 1 nitrogen and oxygen atoms in total. The summed E-state index contributed by atoms with van der Waals surface area (Å²) in [4.78, 5) is 0. The summed E-state index contributed by atoms with van der Waals surface area (Å²) in [7, 11) is 0. The Kier molecular flexibility index (Phi) is 3.39. The van der Waals surface area contributed by atoms with Gasteiger partial charge in [0, 0.05) is 6.04 Å². The standard InChI is InChI=1S/C14H27N/c1-14(2,12-5-3-4-6-12)10-11-7-8-13(15)9-11/h11-13H,3-10,15H2,1-2H3. The second-order valence-corrected chi connectivity index (χ2v) is 6.61. The van der Waals surface area contributed by atoms with Crippen LogP contribution in [0.4, 0.5) is 0 Å². The Hall–Kier alpha value is -0.0400. The van der Waals surface area contributed by atoms with Crippen LogP contribution in [-0.4, -0.2) is 6.04 Å². The monoisotopic (exact) mass is 209 g/mol. The van der Waals surface area contributed by atoms with Gasteiger partial charge in [-0.25, -0.2) is 0 Å². The van der Waals surface area contributed by atoms with Gasteiger partial charge in [-0.1, -0.05) is 26.7 Å². The largest absolute Gasteiger partial charge is 0.328 e. The molecule has 2 aliphatic rings. The lowest BCUT2D eigenvalue weighted by molar-refractivity contribution is 0.164. The highest BCUT2D eigenvalue weighted by atomic mass is 14.6. The summed E-state index contributed by atoms with van der Waals surface area (Å²) in [6.45, 7) is 4.99. The Morgan fingerprint density at radius 3 is 2.27 bits per heavy atom. The third-order valence-electron chi connectivity index (χ3n) is 4.86. The average molecular weight is 209 g/mol. The maximum atomic E-state index is 6.00. The van der Waals surface area contributed by atoms with E-state index in [2.05, 4.69) is 13.8 Å². The number of hydrogen-bond acceptors (Lipinski definition) is 1. The second kappa shape index (κ2) is 4.45. The maximum Gasteiger partial charge on any atom is 0.00415 e. The number of nitrogens with two attached hydrogens (primary N) is 1. The first kappa shape index (κ1) is 11.4. The molecule has 2 fully saturated rings. The van der Waals surface area contributed by atoms with Crippen molar-refractivity contribution in [3.63, 3.8) is 0 Å². The van der Waals surface area contributed by atoms with Crippen LogP contribution in [-0.2, 0) is 0 Å². The summed E-state index contributed by atoms with van der Waals surface area (Å²) in [6.07, 6.45) is 11.3. The first-order valence-corrected chi connectivity index (χ1v) is 6.83. The fraction of sp³-hybridized carbons (Fsp3) is 1.00. The van der Waals surface area contributed by atoms with E-state index in [1.165, 1.54) is 51.4 Å². The van der Waals surface area contributed by atoms with E-state index in [1.807, 2.05) is 0 Å². The molecule has 0 aromatic carbocycles. The molecular weight excluding hydrogens is 182 g/mol. The Morgan fingerprint density at radius 1 is 1.07 bits per heavy atom. The summed E-state index contributed by atoms with van der Waals surface area (Å²) in [5.74, 6) is 1.92. The van der Waals surface area contributed by atoms with Gasteiger partial charge in [-0.15, -0.1) is 0 Å². The predicted octanol–water partition coefficient (Wildman–Crippen LogP) is 3.72. The number of hydrogen-bond donors (Lipinski definition) is 1. The molecule has 2 atom stereocenters. The zero-order chi connectivity index (χ0) is 10.9. The van der Waals surface area contributed by atoms with E-state index in [1.54, 1.807) is 0 Å². The molecule has 0 heterocycles. The van der Waals surface area contributed by atoms with Crippen LogP contribution in [0.3, 0.4) is 0 Å². The van der Waals surface area contributed by atoms with Crippen LogP contribution in [0.25, 0.3) is 0 Å². The predicted molar refractivity (Wildman–Crippen MR) is 65.7 cm³/mol. The minimum Gasteiger partial charge on any atom is -0.328 e. The van der Waals surface area contributed by atoms with Gasteiger partial charge < -0.3 is 5.73 Å². The molecule has 2 N–H and O–H groups in total. The van der Waals surface area contributed by atoms with Crippen molar-refractivity contribution in [1.82, 2.24) is 0 Å². The van der Waals surface area contributed by atoms with E-state index < -0.39 is 0 Å². The molecule has 0 amide bonds. The lowest BCUT2D eigenvalue weighted by Gasteiger charge is -2.34. The fourth-order valence-electron chi connectivity index (χ4n) is 3.92. The van der Waals surface area contributed by atoms with Crippen molar-refractivity contribution in [2.75, 3.05) is 0 Å². The zero-order valence-corrected chi connectivity index (χ0v) is 10.5. The smallest absolute Gasteiger partial charge is 0.00415 e. The summed E-state index contributed by atoms with van der Waals surface area (Å²) < 4.78 is 0. The van der Waals surface area contributed by atoms with Crippen molar-refractivity contribution in [3.8, 4) is 0 Å². The van der Waals surface area contributed by atoms with Gasteiger partial charge in [0.25, 0.3) is 0 Å². The van der Waals surface area contributed by atoms with E-state index in [4.69, 9.17) is 5.73 Å². The lowest BCUT2D eigenvalue weighted by Crippen LogP contribution is -2.25. The van der Waals surface area contributed by atoms with Gasteiger partial charge in [-0.3, -0.25) is 0 Å². The van der Waals surface area contributed by atoms with Gasteiger partial charge >= 0.3 is 0 Å². The normalized spacial score (nSPS) is 33.8. The molecule has 88 valence electrons. The molecule has 15 heavy (non-hydrogen) atoms. The second-order valence-electron chi connectivity index (χ2n) is 6.61. The van der Waals surface area contributed by atoms with Crippen LogP contribution in [0.1, 0.15) is 65.2 Å². The van der Waals surface area contributed by atoms with Gasteiger partial charge in [0.1, 0.15) is 0 Å². The molecule has 0 radical (unpaired) electrons. The SMILES string of the molecule is CC(C)(CC1CCC(N)C1)C1CCCC1. The van der Waals surface area contributed by atoms with Crippen LogP contribution in [0.2, 0.25) is 0 Å². The zero-order valence-electron chi connectivity index (χ0n) is 10.5. The van der Waals surface area contributed by atoms with Crippen LogP contribution < -0.4 is 5.73 Å². The molecule has 0 spiro atoms. The van der Waals surface area contributed by atoms with Crippen LogP contribution in [0.5, 0.6) is 0 Å². The molecule has 0 aromatic heterocycles. The topological polar surface area (TPSA) is 26.0 Å². The minimum absolute atomic E-state index is 0.509. The highest BCUT2D eigenvalue weighted by Gasteiger charge is 2.35. The van der Waals surface area contributed by atoms with Crippen molar-refractivity contribution >= 4 is 0 Å². The van der Waals surface area contributed by atoms with Crippen LogP contribution in [0, 0.1) is 17.3 Å². The molecular formula is C14H27N. The molecule has 2 saturated carbocycles. The third-order valence-corrected chi connectivity index (χ3v) is 4.86. The lowest BCUT2D eigenvalue weighted by atomic mass is 9.71. The average Bonchev–Trinajstić information content (AvgIpc) is 2.75. The highest BCUT2D eigenvalue weighted by Crippen LogP contribution is 2.45. The Morgan fingerprint density at radius 2 is 1.73 bits per heavy atom. The van der Waals surface area contributed by atoms with Crippen molar-refractivity contribution in [3.05, 3.63) is 0 Å². The first-order valence-electron chi connectivity index (χ1n) is 6.83. The molecule has 1 heteroatoms. The quantitative estimate of drug-likeness (QED) is 0.753. The fourth-order valence-corrected chi connectivity index (χ4v) is 3.92. The third kappa shape index (κ3) is 2.75. The van der Waals surface area contributed by atoms with E-state index >= 15 is 0 Å². The van der Waals surface area contributed by atoms with E-state index in [9.17, 15) is 0 Å². The van der Waals surface area contributed by atoms with E-state index in [0.29, 0.717) is 11.5 Å². The Balaban J connectivity index is 1.86. The van der Waals surface area contributed by atoms with Gasteiger partial charge in [0.2, 0.25) is 0 Å². The molecule has 0 aliphatic heterocycles. The first-order chi connectivity index (χ1) is 7.08. The van der Waals surface area contributed by atoms with Crippen molar-refractivity contribution in [1.29, 1.82) is 0 Å². The van der Waals surface area contributed by atoms with E-state index in [-0.39, 0.29) is 0 Å². The van der Waals surface area contributed by atoms with Crippen molar-refractivity contribution in [2.24, 2.45) is 23.0 Å². The summed E-state index contributed by atoms with van der Waals surface area (Å²) in [6, 6.07) is 0.509. The number of rotatable bonds is 3. The van der Waals surface area contributed by atoms with Crippen LogP contribution >= 0.6 is 0 Å². The highest BCUT2D eigenvalue weighted by molar-refractivity contribution is 4.87. The molecule has 0 bridgehead atoms. The Labute approximate surface area is 94.8 Å². The van der Waals surface area contributed by atoms with Gasteiger partial charge in [0.05, 0.1) is 0 Å². The van der Waals surface area contributed by atoms with Crippen LogP contribution in [0.15, 0.2) is 0 Å². The molecule has 0 saturated heterocycles. The van der Waals surface area contributed by atoms with Gasteiger partial charge in [0.15, 0.2) is 0 Å².